The largest absolute Gasteiger partial charge is 0.426 e. The van der Waals surface area contributed by atoms with Crippen molar-refractivity contribution >= 4 is 23.3 Å². The van der Waals surface area contributed by atoms with Gasteiger partial charge in [0.2, 0.25) is 5.91 Å². The average molecular weight is 401 g/mol. The summed E-state index contributed by atoms with van der Waals surface area (Å²) in [6.07, 6.45) is 0.252. The summed E-state index contributed by atoms with van der Waals surface area (Å²) in [5.74, 6) is -1.69. The minimum absolute atomic E-state index is 0.157. The number of piperazine rings is 1. The van der Waals surface area contributed by atoms with E-state index in [1.165, 1.54) is 6.07 Å². The molecule has 8 heteroatoms. The number of nitrogens with one attached hydrogen (secondary N) is 1. The van der Waals surface area contributed by atoms with E-state index in [0.29, 0.717) is 43.3 Å². The van der Waals surface area contributed by atoms with Gasteiger partial charge in [0.25, 0.3) is 0 Å². The SMILES string of the molecule is CC(C(=O)Nc1ccc2c(c1)OC(=O)C2)N1CCN(c2ccc(F)c(F)c2)CC1. The number of halogens is 2. The van der Waals surface area contributed by atoms with Gasteiger partial charge in [-0.25, -0.2) is 8.78 Å². The predicted octanol–water partition coefficient (Wildman–Crippen LogP) is 2.58. The van der Waals surface area contributed by atoms with E-state index < -0.39 is 11.6 Å². The molecule has 0 bridgehead atoms. The number of nitrogens with zero attached hydrogens (tertiary/aromatic N) is 2. The lowest BCUT2D eigenvalue weighted by Gasteiger charge is -2.38. The van der Waals surface area contributed by atoms with Crippen molar-refractivity contribution < 1.29 is 23.1 Å². The summed E-state index contributed by atoms with van der Waals surface area (Å²) in [6, 6.07) is 8.71. The van der Waals surface area contributed by atoms with Crippen LogP contribution in [0.25, 0.3) is 0 Å². The first-order valence-corrected chi connectivity index (χ1v) is 9.49. The van der Waals surface area contributed by atoms with Gasteiger partial charge in [-0.1, -0.05) is 6.07 Å². The Morgan fingerprint density at radius 3 is 2.55 bits per heavy atom. The van der Waals surface area contributed by atoms with Crippen molar-refractivity contribution in [2.24, 2.45) is 0 Å². The van der Waals surface area contributed by atoms with Gasteiger partial charge in [-0.15, -0.1) is 0 Å². The minimum atomic E-state index is -0.863. The summed E-state index contributed by atoms with van der Waals surface area (Å²) in [5.41, 5.74) is 2.03. The van der Waals surface area contributed by atoms with E-state index in [0.717, 1.165) is 11.6 Å². The summed E-state index contributed by atoms with van der Waals surface area (Å²) in [4.78, 5) is 28.0. The third kappa shape index (κ3) is 4.07. The number of hydrogen-bond donors (Lipinski definition) is 1. The topological polar surface area (TPSA) is 61.9 Å². The van der Waals surface area contributed by atoms with Gasteiger partial charge in [-0.05, 0) is 25.1 Å². The van der Waals surface area contributed by atoms with Crippen molar-refractivity contribution in [3.8, 4) is 5.75 Å². The fourth-order valence-electron chi connectivity index (χ4n) is 3.65. The summed E-state index contributed by atoms with van der Waals surface area (Å²) < 4.78 is 31.7. The molecule has 1 N–H and O–H groups in total. The van der Waals surface area contributed by atoms with Crippen LogP contribution in [-0.4, -0.2) is 49.0 Å². The number of benzene rings is 2. The molecule has 6 nitrogen and oxygen atoms in total. The number of anilines is 2. The Morgan fingerprint density at radius 1 is 1.07 bits per heavy atom. The molecule has 2 aliphatic heterocycles. The van der Waals surface area contributed by atoms with Crippen molar-refractivity contribution in [3.63, 3.8) is 0 Å². The lowest BCUT2D eigenvalue weighted by Crippen LogP contribution is -2.52. The molecule has 1 fully saturated rings. The molecule has 29 heavy (non-hydrogen) atoms. The van der Waals surface area contributed by atoms with E-state index in [1.54, 1.807) is 24.3 Å². The highest BCUT2D eigenvalue weighted by molar-refractivity contribution is 5.95. The lowest BCUT2D eigenvalue weighted by molar-refractivity contribution is -0.131. The van der Waals surface area contributed by atoms with Gasteiger partial charge in [-0.2, -0.15) is 0 Å². The van der Waals surface area contributed by atoms with Gasteiger partial charge >= 0.3 is 5.97 Å². The number of rotatable bonds is 4. The Morgan fingerprint density at radius 2 is 1.83 bits per heavy atom. The Balaban J connectivity index is 1.34. The highest BCUT2D eigenvalue weighted by atomic mass is 19.2. The van der Waals surface area contributed by atoms with Crippen LogP contribution in [0.4, 0.5) is 20.2 Å². The molecule has 0 saturated carbocycles. The standard InChI is InChI=1S/C21H21F2N3O3/c1-13(21(28)24-15-3-2-14-10-20(27)29-19(14)11-15)25-6-8-26(9-7-25)16-4-5-17(22)18(23)12-16/h2-5,11-13H,6-10H2,1H3,(H,24,28). The van der Waals surface area contributed by atoms with E-state index >= 15 is 0 Å². The second-order valence-electron chi connectivity index (χ2n) is 7.26. The van der Waals surface area contributed by atoms with Crippen molar-refractivity contribution in [1.82, 2.24) is 4.90 Å². The quantitative estimate of drug-likeness (QED) is 0.630. The Kier molecular flexibility index (Phi) is 5.19. The first-order chi connectivity index (χ1) is 13.9. The van der Waals surface area contributed by atoms with Crippen LogP contribution < -0.4 is 15.0 Å². The number of esters is 1. The van der Waals surface area contributed by atoms with E-state index in [-0.39, 0.29) is 24.3 Å². The molecule has 0 radical (unpaired) electrons. The molecule has 0 aliphatic carbocycles. The van der Waals surface area contributed by atoms with Crippen LogP contribution in [0.1, 0.15) is 12.5 Å². The smallest absolute Gasteiger partial charge is 0.315 e. The summed E-state index contributed by atoms with van der Waals surface area (Å²) in [5, 5.41) is 2.86. The van der Waals surface area contributed by atoms with Gasteiger partial charge in [0.15, 0.2) is 11.6 Å². The van der Waals surface area contributed by atoms with Gasteiger partial charge in [0, 0.05) is 55.2 Å². The number of amides is 1. The average Bonchev–Trinajstić information content (AvgIpc) is 3.09. The maximum atomic E-state index is 13.5. The predicted molar refractivity (Wildman–Crippen MR) is 104 cm³/mol. The molecule has 2 aliphatic rings. The second-order valence-corrected chi connectivity index (χ2v) is 7.26. The number of carbonyl (C=O) groups excluding carboxylic acids is 2. The monoisotopic (exact) mass is 401 g/mol. The molecule has 1 saturated heterocycles. The fourth-order valence-corrected chi connectivity index (χ4v) is 3.65. The number of carbonyl (C=O) groups is 2. The fraction of sp³-hybridized carbons (Fsp3) is 0.333. The maximum absolute atomic E-state index is 13.5. The zero-order valence-corrected chi connectivity index (χ0v) is 16.0. The van der Waals surface area contributed by atoms with Crippen molar-refractivity contribution in [2.45, 2.75) is 19.4 Å². The molecule has 152 valence electrons. The lowest BCUT2D eigenvalue weighted by atomic mass is 10.1. The van der Waals surface area contributed by atoms with E-state index in [9.17, 15) is 18.4 Å². The van der Waals surface area contributed by atoms with Crippen molar-refractivity contribution in [2.75, 3.05) is 36.4 Å². The van der Waals surface area contributed by atoms with Crippen LogP contribution in [0, 0.1) is 11.6 Å². The summed E-state index contributed by atoms with van der Waals surface area (Å²) >= 11 is 0. The molecule has 2 aromatic rings. The van der Waals surface area contributed by atoms with Crippen LogP contribution in [0.3, 0.4) is 0 Å². The zero-order valence-electron chi connectivity index (χ0n) is 16.0. The maximum Gasteiger partial charge on any atom is 0.315 e. The van der Waals surface area contributed by atoms with E-state index in [1.807, 2.05) is 16.7 Å². The Bertz CT molecular complexity index is 958. The normalized spacial score (nSPS) is 17.6. The number of hydrogen-bond acceptors (Lipinski definition) is 5. The second kappa shape index (κ2) is 7.79. The molecule has 0 spiro atoms. The molecule has 4 rings (SSSR count). The van der Waals surface area contributed by atoms with Crippen LogP contribution in [0.5, 0.6) is 5.75 Å². The van der Waals surface area contributed by atoms with Gasteiger partial charge in [0.1, 0.15) is 5.75 Å². The van der Waals surface area contributed by atoms with Crippen LogP contribution in [-0.2, 0) is 16.0 Å². The zero-order chi connectivity index (χ0) is 20.5. The molecular weight excluding hydrogens is 380 g/mol. The van der Waals surface area contributed by atoms with Gasteiger partial charge in [-0.3, -0.25) is 14.5 Å². The number of ether oxygens (including phenoxy) is 1. The molecule has 1 atom stereocenters. The number of fused-ring (bicyclic) bond motifs is 1. The van der Waals surface area contributed by atoms with Gasteiger partial charge < -0.3 is 15.0 Å². The van der Waals surface area contributed by atoms with E-state index in [4.69, 9.17) is 4.74 Å². The van der Waals surface area contributed by atoms with Crippen LogP contribution >= 0.6 is 0 Å². The van der Waals surface area contributed by atoms with Gasteiger partial charge in [0.05, 0.1) is 12.5 Å². The summed E-state index contributed by atoms with van der Waals surface area (Å²) in [7, 11) is 0. The molecule has 2 heterocycles. The first-order valence-electron chi connectivity index (χ1n) is 9.49. The molecule has 1 unspecified atom stereocenters. The molecular formula is C21H21F2N3O3. The van der Waals surface area contributed by atoms with Crippen molar-refractivity contribution in [3.05, 3.63) is 53.6 Å². The van der Waals surface area contributed by atoms with E-state index in [2.05, 4.69) is 5.32 Å². The molecule has 1 amide bonds. The van der Waals surface area contributed by atoms with Crippen LogP contribution in [0.2, 0.25) is 0 Å². The third-order valence-corrected chi connectivity index (χ3v) is 5.40. The molecule has 2 aromatic carbocycles. The third-order valence-electron chi connectivity index (χ3n) is 5.40. The highest BCUT2D eigenvalue weighted by Gasteiger charge is 2.27. The molecule has 0 aromatic heterocycles. The van der Waals surface area contributed by atoms with Crippen molar-refractivity contribution in [1.29, 1.82) is 0 Å². The van der Waals surface area contributed by atoms with Crippen LogP contribution in [0.15, 0.2) is 36.4 Å². The minimum Gasteiger partial charge on any atom is -0.426 e. The Hall–Kier alpha value is -3.00. The Labute approximate surface area is 167 Å². The first kappa shape index (κ1) is 19.3. The summed E-state index contributed by atoms with van der Waals surface area (Å²) in [6.45, 7) is 4.29. The highest BCUT2D eigenvalue weighted by Crippen LogP contribution is 2.29.